The summed E-state index contributed by atoms with van der Waals surface area (Å²) >= 11 is 0. The summed E-state index contributed by atoms with van der Waals surface area (Å²) in [5.41, 5.74) is 0. The number of carbonyl (C=O) groups excluding carboxylic acids is 1. The van der Waals surface area contributed by atoms with E-state index in [9.17, 15) is 25.0 Å². The SMILES string of the molecule is CCOC(=O)C(CCCC[N+](=O)[O-])[N+](=O)[O-]. The second-order valence-corrected chi connectivity index (χ2v) is 3.11. The second-order valence-electron chi connectivity index (χ2n) is 3.11. The molecule has 0 fully saturated rings. The molecule has 0 bridgehead atoms. The molecule has 8 nitrogen and oxygen atoms in total. The Morgan fingerprint density at radius 3 is 2.38 bits per heavy atom. The molecule has 1 atom stereocenters. The summed E-state index contributed by atoms with van der Waals surface area (Å²) in [4.78, 5) is 30.4. The van der Waals surface area contributed by atoms with Gasteiger partial charge in [0.2, 0.25) is 6.54 Å². The summed E-state index contributed by atoms with van der Waals surface area (Å²) in [6.07, 6.45) is 0.446. The van der Waals surface area contributed by atoms with Crippen molar-refractivity contribution in [1.29, 1.82) is 0 Å². The lowest BCUT2D eigenvalue weighted by atomic mass is 10.1. The van der Waals surface area contributed by atoms with Crippen LogP contribution in [-0.4, -0.2) is 35.0 Å². The number of carbonyl (C=O) groups is 1. The van der Waals surface area contributed by atoms with Crippen LogP contribution in [0.15, 0.2) is 0 Å². The van der Waals surface area contributed by atoms with Gasteiger partial charge in [-0.1, -0.05) is 0 Å². The Kier molecular flexibility index (Phi) is 6.73. The Morgan fingerprint density at radius 2 is 1.94 bits per heavy atom. The predicted molar refractivity (Wildman–Crippen MR) is 53.1 cm³/mol. The number of esters is 1. The maximum Gasteiger partial charge on any atom is 0.381 e. The van der Waals surface area contributed by atoms with Gasteiger partial charge in [-0.2, -0.15) is 0 Å². The molecule has 0 saturated heterocycles. The molecule has 0 aromatic heterocycles. The summed E-state index contributed by atoms with van der Waals surface area (Å²) in [6.45, 7) is 1.40. The van der Waals surface area contributed by atoms with Gasteiger partial charge in [-0.05, 0) is 13.3 Å². The van der Waals surface area contributed by atoms with Gasteiger partial charge in [0.15, 0.2) is 0 Å². The predicted octanol–water partition coefficient (Wildman–Crippen LogP) is 0.642. The topological polar surface area (TPSA) is 113 Å². The van der Waals surface area contributed by atoms with Crippen LogP contribution in [0.2, 0.25) is 0 Å². The van der Waals surface area contributed by atoms with E-state index in [-0.39, 0.29) is 32.4 Å². The molecule has 0 radical (unpaired) electrons. The van der Waals surface area contributed by atoms with E-state index in [0.717, 1.165) is 0 Å². The monoisotopic (exact) mass is 234 g/mol. The lowest BCUT2D eigenvalue weighted by molar-refractivity contribution is -0.512. The van der Waals surface area contributed by atoms with E-state index in [2.05, 4.69) is 4.74 Å². The van der Waals surface area contributed by atoms with Gasteiger partial charge in [-0.15, -0.1) is 0 Å². The number of rotatable bonds is 8. The zero-order valence-electron chi connectivity index (χ0n) is 8.96. The van der Waals surface area contributed by atoms with Crippen LogP contribution in [0.1, 0.15) is 26.2 Å². The third-order valence-corrected chi connectivity index (χ3v) is 1.88. The highest BCUT2D eigenvalue weighted by Gasteiger charge is 2.30. The van der Waals surface area contributed by atoms with Crippen molar-refractivity contribution >= 4 is 5.97 Å². The minimum absolute atomic E-state index is 0.0281. The molecule has 0 aliphatic carbocycles. The molecule has 0 amide bonds. The van der Waals surface area contributed by atoms with Gasteiger partial charge < -0.3 is 4.74 Å². The number of ether oxygens (including phenoxy) is 1. The minimum atomic E-state index is -1.41. The van der Waals surface area contributed by atoms with Gasteiger partial charge in [0, 0.05) is 22.7 Å². The Hall–Kier alpha value is -1.73. The zero-order valence-corrected chi connectivity index (χ0v) is 8.96. The van der Waals surface area contributed by atoms with Crippen molar-refractivity contribution in [3.8, 4) is 0 Å². The van der Waals surface area contributed by atoms with E-state index in [1.165, 1.54) is 0 Å². The summed E-state index contributed by atoms with van der Waals surface area (Å²) in [5.74, 6) is -0.881. The average Bonchev–Trinajstić information content (AvgIpc) is 2.16. The molecular formula is C8H14N2O6. The van der Waals surface area contributed by atoms with Crippen molar-refractivity contribution in [3.05, 3.63) is 20.2 Å². The lowest BCUT2D eigenvalue weighted by Gasteiger charge is -2.07. The van der Waals surface area contributed by atoms with Gasteiger partial charge in [0.25, 0.3) is 0 Å². The van der Waals surface area contributed by atoms with Crippen molar-refractivity contribution in [3.63, 3.8) is 0 Å². The number of hydrogen-bond donors (Lipinski definition) is 0. The van der Waals surface area contributed by atoms with Crippen LogP contribution in [0, 0.1) is 20.2 Å². The Morgan fingerprint density at radius 1 is 1.31 bits per heavy atom. The summed E-state index contributed by atoms with van der Waals surface area (Å²) in [6, 6.07) is -1.41. The second kappa shape index (κ2) is 7.55. The summed E-state index contributed by atoms with van der Waals surface area (Å²) < 4.78 is 4.53. The molecule has 0 saturated carbocycles. The molecule has 0 aromatic rings. The molecule has 0 heterocycles. The van der Waals surface area contributed by atoms with Gasteiger partial charge in [0.1, 0.15) is 0 Å². The Labute approximate surface area is 91.9 Å². The van der Waals surface area contributed by atoms with Crippen LogP contribution in [0.25, 0.3) is 0 Å². The molecule has 1 unspecified atom stereocenters. The van der Waals surface area contributed by atoms with E-state index in [4.69, 9.17) is 0 Å². The normalized spacial score (nSPS) is 11.8. The van der Waals surface area contributed by atoms with E-state index in [0.29, 0.717) is 0 Å². The highest BCUT2D eigenvalue weighted by Crippen LogP contribution is 2.06. The third kappa shape index (κ3) is 5.89. The van der Waals surface area contributed by atoms with Crippen LogP contribution in [0.4, 0.5) is 0 Å². The van der Waals surface area contributed by atoms with Crippen molar-refractivity contribution in [2.45, 2.75) is 32.2 Å². The molecule has 8 heteroatoms. The first-order chi connectivity index (χ1) is 7.49. The first-order valence-corrected chi connectivity index (χ1v) is 4.91. The molecule has 0 aliphatic rings. The molecule has 0 rings (SSSR count). The van der Waals surface area contributed by atoms with Gasteiger partial charge in [0.05, 0.1) is 6.61 Å². The van der Waals surface area contributed by atoms with Crippen LogP contribution < -0.4 is 0 Å². The van der Waals surface area contributed by atoms with Crippen molar-refractivity contribution in [1.82, 2.24) is 0 Å². The smallest absolute Gasteiger partial charge is 0.381 e. The van der Waals surface area contributed by atoms with E-state index in [1.807, 2.05) is 0 Å². The standard InChI is InChI=1S/C8H14N2O6/c1-2-16-8(11)7(10(14)15)5-3-4-6-9(12)13/h7H,2-6H2,1H3. The van der Waals surface area contributed by atoms with Crippen LogP contribution >= 0.6 is 0 Å². The van der Waals surface area contributed by atoms with Crippen LogP contribution in [0.5, 0.6) is 0 Å². The average molecular weight is 234 g/mol. The fourth-order valence-electron chi connectivity index (χ4n) is 1.13. The fourth-order valence-corrected chi connectivity index (χ4v) is 1.13. The number of hydrogen-bond acceptors (Lipinski definition) is 6. The quantitative estimate of drug-likeness (QED) is 0.263. The van der Waals surface area contributed by atoms with Crippen LogP contribution in [-0.2, 0) is 9.53 Å². The molecule has 0 aliphatic heterocycles. The summed E-state index contributed by atoms with van der Waals surface area (Å²) in [5, 5.41) is 20.5. The van der Waals surface area contributed by atoms with E-state index in [1.54, 1.807) is 6.92 Å². The number of unbranched alkanes of at least 4 members (excludes halogenated alkanes) is 1. The Bertz CT molecular complexity index is 267. The zero-order chi connectivity index (χ0) is 12.6. The van der Waals surface area contributed by atoms with Crippen molar-refractivity contribution in [2.75, 3.05) is 13.2 Å². The molecule has 16 heavy (non-hydrogen) atoms. The maximum absolute atomic E-state index is 11.1. The van der Waals surface area contributed by atoms with Gasteiger partial charge in [-0.25, -0.2) is 4.79 Å². The number of nitrogens with zero attached hydrogens (tertiary/aromatic N) is 2. The van der Waals surface area contributed by atoms with Crippen molar-refractivity contribution < 1.29 is 19.4 Å². The highest BCUT2D eigenvalue weighted by molar-refractivity contribution is 5.74. The van der Waals surface area contributed by atoms with Crippen LogP contribution in [0.3, 0.4) is 0 Å². The Balaban J connectivity index is 4.00. The van der Waals surface area contributed by atoms with E-state index >= 15 is 0 Å². The fraction of sp³-hybridized carbons (Fsp3) is 0.875. The van der Waals surface area contributed by atoms with Gasteiger partial charge >= 0.3 is 12.0 Å². The third-order valence-electron chi connectivity index (χ3n) is 1.88. The van der Waals surface area contributed by atoms with Gasteiger partial charge in [-0.3, -0.25) is 20.2 Å². The maximum atomic E-state index is 11.1. The lowest BCUT2D eigenvalue weighted by Crippen LogP contribution is -2.31. The summed E-state index contributed by atoms with van der Waals surface area (Å²) in [7, 11) is 0. The molecule has 92 valence electrons. The molecule has 0 spiro atoms. The van der Waals surface area contributed by atoms with E-state index < -0.39 is 21.9 Å². The highest BCUT2D eigenvalue weighted by atomic mass is 16.6. The molecule has 0 N–H and O–H groups in total. The molecule has 0 aromatic carbocycles. The first kappa shape index (κ1) is 14.3. The van der Waals surface area contributed by atoms with Crippen molar-refractivity contribution in [2.24, 2.45) is 0 Å². The first-order valence-electron chi connectivity index (χ1n) is 4.91. The largest absolute Gasteiger partial charge is 0.461 e. The molecular weight excluding hydrogens is 220 g/mol. The minimum Gasteiger partial charge on any atom is -0.461 e. The number of nitro groups is 2.